The molecule has 22 nitrogen and oxygen atoms in total. The van der Waals surface area contributed by atoms with E-state index < -0.39 is 71.9 Å². The lowest BCUT2D eigenvalue weighted by molar-refractivity contribution is -0.149. The zero-order chi connectivity index (χ0) is 64.4. The number of fused-ring (bicyclic) bond motifs is 2. The Bertz CT molecular complexity index is 2510. The monoisotopic (exact) mass is 1220 g/mol. The van der Waals surface area contributed by atoms with Crippen molar-refractivity contribution in [2.24, 2.45) is 59.0 Å². The van der Waals surface area contributed by atoms with Crippen LogP contribution in [-0.4, -0.2) is 194 Å². The summed E-state index contributed by atoms with van der Waals surface area (Å²) in [4.78, 5) is 141. The number of methoxy groups -OCH3 is 2. The number of hydrogen-bond donors (Lipinski definition) is 5. The Labute approximate surface area is 516 Å². The fourth-order valence-electron chi connectivity index (χ4n) is 13.8. The maximum absolute atomic E-state index is 14.6. The minimum Gasteiger partial charge on any atom is -0.396 e. The van der Waals surface area contributed by atoms with Crippen molar-refractivity contribution < 1.29 is 67.3 Å². The first kappa shape index (κ1) is 72.1. The third kappa shape index (κ3) is 19.7. The number of ketones is 3. The van der Waals surface area contributed by atoms with E-state index in [1.165, 1.54) is 0 Å². The number of likely N-dealkylation sites (tertiary alicyclic amines) is 3. The number of amides is 8. The summed E-state index contributed by atoms with van der Waals surface area (Å²) < 4.78 is 17.7. The highest BCUT2D eigenvalue weighted by Gasteiger charge is 2.49. The summed E-state index contributed by atoms with van der Waals surface area (Å²) in [6.07, 6.45) is 4.93. The van der Waals surface area contributed by atoms with Gasteiger partial charge in [0.25, 0.3) is 0 Å². The summed E-state index contributed by atoms with van der Waals surface area (Å²) >= 11 is 0. The van der Waals surface area contributed by atoms with E-state index in [0.717, 1.165) is 36.1 Å². The molecular weight excluding hydrogens is 1120 g/mol. The third-order valence-corrected chi connectivity index (χ3v) is 19.2. The number of aliphatic hydroxyl groups is 1. The Morgan fingerprint density at radius 2 is 1.57 bits per heavy atom. The molecule has 0 spiro atoms. The Morgan fingerprint density at radius 1 is 0.874 bits per heavy atom. The minimum atomic E-state index is -0.915. The number of nitrogens with two attached hydrogens (primary N) is 1. The van der Waals surface area contributed by atoms with Crippen molar-refractivity contribution in [3.05, 3.63) is 29.8 Å². The summed E-state index contributed by atoms with van der Waals surface area (Å²) in [6, 6.07) is 4.76. The summed E-state index contributed by atoms with van der Waals surface area (Å²) in [6.45, 7) is 15.6. The number of imide groups is 1. The highest BCUT2D eigenvalue weighted by atomic mass is 16.5. The number of ether oxygens (including phenoxy) is 3. The van der Waals surface area contributed by atoms with Crippen LogP contribution in [0, 0.1) is 53.3 Å². The Balaban J connectivity index is 1.16. The van der Waals surface area contributed by atoms with E-state index in [9.17, 15) is 53.1 Å². The van der Waals surface area contributed by atoms with E-state index in [1.807, 2.05) is 27.8 Å². The number of nitrogens with zero attached hydrogens (tertiary/aromatic N) is 4. The lowest BCUT2D eigenvalue weighted by atomic mass is 9.83. The van der Waals surface area contributed by atoms with Crippen molar-refractivity contribution in [3.63, 3.8) is 0 Å². The SMILES string of the molecule is CC[C@H](C)[C@@H]([C@@H](CC(=O)N1CCC[C@H]1[C@H](OC)[C@@H](C)C(=O)C[C@H](CO)Cc1ccc(NC(=O)[C@H](CCCNC(N)=O)CC(=O)[C@@H](NC(=O)CCOCCN2C(=O)CC(C)C2=O)C(C)C)cc1)OC)N(C)C(=O)[C@@H](CC(=O)[C@@H]1[C@H]2CC[C@@H](C2)N1C)C(C)C. The molecule has 1 aliphatic carbocycles. The molecule has 14 atom stereocenters. The summed E-state index contributed by atoms with van der Waals surface area (Å²) in [7, 11) is 6.92. The molecule has 4 fully saturated rings. The highest BCUT2D eigenvalue weighted by Crippen LogP contribution is 2.43. The number of rotatable bonds is 38. The number of likely N-dealkylation sites (N-methyl/N-ethyl adjacent to an activating group) is 2. The van der Waals surface area contributed by atoms with Crippen LogP contribution >= 0.6 is 0 Å². The molecule has 4 aliphatic rings. The van der Waals surface area contributed by atoms with Crippen LogP contribution in [0.1, 0.15) is 151 Å². The summed E-state index contributed by atoms with van der Waals surface area (Å²) in [5, 5.41) is 18.8. The number of hydrogen-bond acceptors (Lipinski definition) is 15. The van der Waals surface area contributed by atoms with Crippen molar-refractivity contribution in [1.82, 2.24) is 30.2 Å². The molecule has 0 aromatic heterocycles. The Hall–Kier alpha value is -5.68. The molecular formula is C65H104N8O14. The van der Waals surface area contributed by atoms with Gasteiger partial charge in [0.2, 0.25) is 35.4 Å². The molecule has 5 rings (SSSR count). The summed E-state index contributed by atoms with van der Waals surface area (Å²) in [5.74, 6) is -4.96. The van der Waals surface area contributed by atoms with Gasteiger partial charge in [-0.3, -0.25) is 53.0 Å². The fraction of sp³-hybridized carbons (Fsp3) is 0.754. The Kier molecular flexibility index (Phi) is 28.4. The van der Waals surface area contributed by atoms with E-state index in [2.05, 4.69) is 27.8 Å². The molecule has 1 aromatic carbocycles. The van der Waals surface area contributed by atoms with E-state index in [1.54, 1.807) is 83.0 Å². The number of carbonyl (C=O) groups is 10. The molecule has 1 unspecified atom stereocenters. The van der Waals surface area contributed by atoms with Gasteiger partial charge in [-0.2, -0.15) is 0 Å². The lowest BCUT2D eigenvalue weighted by Crippen LogP contribution is -2.54. The lowest BCUT2D eigenvalue weighted by Gasteiger charge is -2.41. The number of primary amides is 1. The average molecular weight is 1220 g/mol. The molecule has 3 heterocycles. The van der Waals surface area contributed by atoms with Crippen molar-refractivity contribution in [3.8, 4) is 0 Å². The van der Waals surface area contributed by atoms with Crippen molar-refractivity contribution in [1.29, 1.82) is 0 Å². The predicted molar refractivity (Wildman–Crippen MR) is 328 cm³/mol. The van der Waals surface area contributed by atoms with Crippen molar-refractivity contribution in [2.75, 3.05) is 73.1 Å². The fourth-order valence-corrected chi connectivity index (χ4v) is 13.8. The number of nitrogens with one attached hydrogen (secondary N) is 3. The number of piperidine rings is 1. The normalized spacial score (nSPS) is 22.6. The standard InChI is InChI=1S/C65H104N8O14/c1-13-40(6)59(71(10)64(83)49(38(2)3)35-53(77)60-45-20-23-48(33-45)70(60)9)54(85-11)36-57(80)72-26-15-17-50(72)61(86-12)42(8)51(75)32-44(37-74)31-43-18-21-47(22-19-43)68-62(81)46(16-14-25-67-65(66)84)34-52(76)58(39(4)5)69-55(78)24-28-87-29-27-73-56(79)30-41(7)63(73)82/h18-19,21-22,38-42,44-46,48-50,54,58-61,74H,13-17,20,23-37H2,1-12H3,(H,68,81)(H,69,78)(H3,66,67,84)/t40-,41?,42-,44+,45-,46+,48-,49-,50-,54+,58-,59-,60-,61+/m0/s1. The van der Waals surface area contributed by atoms with Gasteiger partial charge in [-0.25, -0.2) is 4.79 Å². The molecule has 8 amide bonds. The topological polar surface area (TPSA) is 294 Å². The zero-order valence-corrected chi connectivity index (χ0v) is 54.0. The third-order valence-electron chi connectivity index (χ3n) is 19.2. The van der Waals surface area contributed by atoms with Gasteiger partial charge in [-0.15, -0.1) is 0 Å². The molecule has 87 heavy (non-hydrogen) atoms. The maximum Gasteiger partial charge on any atom is 0.312 e. The number of aliphatic hydroxyl groups excluding tert-OH is 1. The van der Waals surface area contributed by atoms with E-state index >= 15 is 0 Å². The first-order chi connectivity index (χ1) is 41.3. The number of Topliss-reactive ketones (excluding diaryl/α,β-unsaturated/α-hetero) is 3. The van der Waals surface area contributed by atoms with Crippen molar-refractivity contribution >= 4 is 64.5 Å². The number of benzene rings is 1. The molecule has 3 saturated heterocycles. The van der Waals surface area contributed by atoms with Crippen LogP contribution in [0.5, 0.6) is 0 Å². The first-order valence-corrected chi connectivity index (χ1v) is 31.9. The molecule has 6 N–H and O–H groups in total. The average Bonchev–Trinajstić information content (AvgIpc) is 1.99. The van der Waals surface area contributed by atoms with Gasteiger partial charge < -0.3 is 50.8 Å². The largest absolute Gasteiger partial charge is 0.396 e. The highest BCUT2D eigenvalue weighted by molar-refractivity contribution is 6.03. The Morgan fingerprint density at radius 3 is 2.15 bits per heavy atom. The van der Waals surface area contributed by atoms with E-state index in [4.69, 9.17) is 19.9 Å². The molecule has 1 saturated carbocycles. The van der Waals surface area contributed by atoms with Crippen LogP contribution in [0.4, 0.5) is 10.5 Å². The molecule has 22 heteroatoms. The predicted octanol–water partition coefficient (Wildman–Crippen LogP) is 5.34. The van der Waals surface area contributed by atoms with Gasteiger partial charge in [-0.1, -0.05) is 73.9 Å². The van der Waals surface area contributed by atoms with Gasteiger partial charge in [-0.05, 0) is 106 Å². The molecule has 2 bridgehead atoms. The summed E-state index contributed by atoms with van der Waals surface area (Å²) in [5.41, 5.74) is 6.50. The van der Waals surface area contributed by atoms with Gasteiger partial charge >= 0.3 is 6.03 Å². The first-order valence-electron chi connectivity index (χ1n) is 31.9. The number of carbonyl (C=O) groups excluding carboxylic acids is 10. The van der Waals surface area contributed by atoms with Gasteiger partial charge in [0.05, 0.1) is 62.6 Å². The quantitative estimate of drug-likeness (QED) is 0.0413. The maximum atomic E-state index is 14.6. The second-order valence-corrected chi connectivity index (χ2v) is 26.0. The van der Waals surface area contributed by atoms with Crippen LogP contribution in [-0.2, 0) is 63.8 Å². The molecule has 488 valence electrons. The minimum absolute atomic E-state index is 0.00150. The van der Waals surface area contributed by atoms with Crippen LogP contribution in [0.3, 0.4) is 0 Å². The zero-order valence-electron chi connectivity index (χ0n) is 54.0. The second kappa shape index (κ2) is 34.3. The number of anilines is 1. The smallest absolute Gasteiger partial charge is 0.312 e. The molecule has 1 aromatic rings. The van der Waals surface area contributed by atoms with E-state index in [-0.39, 0.29) is 149 Å². The van der Waals surface area contributed by atoms with Gasteiger partial charge in [0, 0.05) is 108 Å². The van der Waals surface area contributed by atoms with Crippen LogP contribution in [0.2, 0.25) is 0 Å². The van der Waals surface area contributed by atoms with Gasteiger partial charge in [0.15, 0.2) is 11.6 Å². The van der Waals surface area contributed by atoms with Gasteiger partial charge in [0.1, 0.15) is 5.78 Å². The van der Waals surface area contributed by atoms with Crippen molar-refractivity contribution in [2.45, 2.75) is 194 Å². The molecule has 0 radical (unpaired) electrons. The number of urea groups is 1. The van der Waals surface area contributed by atoms with Crippen LogP contribution in [0.25, 0.3) is 0 Å². The van der Waals surface area contributed by atoms with Crippen LogP contribution < -0.4 is 21.7 Å². The van der Waals surface area contributed by atoms with E-state index in [0.29, 0.717) is 49.9 Å². The second-order valence-electron chi connectivity index (χ2n) is 26.0. The molecule has 3 aliphatic heterocycles. The van der Waals surface area contributed by atoms with Crippen LogP contribution in [0.15, 0.2) is 24.3 Å².